The molecule has 0 bridgehead atoms. The molecule has 6 heteroatoms. The first-order chi connectivity index (χ1) is 8.91. The summed E-state index contributed by atoms with van der Waals surface area (Å²) in [6.45, 7) is 7.18. The van der Waals surface area contributed by atoms with Crippen LogP contribution < -0.4 is 0 Å². The molecule has 1 fully saturated rings. The molecule has 1 amide bonds. The predicted molar refractivity (Wildman–Crippen MR) is 68.8 cm³/mol. The summed E-state index contributed by atoms with van der Waals surface area (Å²) in [6.07, 6.45) is -0.565. The van der Waals surface area contributed by atoms with Gasteiger partial charge >= 0.3 is 5.97 Å². The average molecular weight is 273 g/mol. The van der Waals surface area contributed by atoms with Gasteiger partial charge in [0.15, 0.2) is 6.10 Å². The number of ether oxygens (including phenoxy) is 2. The van der Waals surface area contributed by atoms with E-state index in [4.69, 9.17) is 14.6 Å². The Balaban J connectivity index is 2.40. The van der Waals surface area contributed by atoms with Crippen molar-refractivity contribution in [3.05, 3.63) is 0 Å². The van der Waals surface area contributed by atoms with Crippen LogP contribution >= 0.6 is 0 Å². The Morgan fingerprint density at radius 2 is 2.11 bits per heavy atom. The quantitative estimate of drug-likeness (QED) is 0.773. The van der Waals surface area contributed by atoms with Gasteiger partial charge in [0.25, 0.3) is 5.91 Å². The van der Waals surface area contributed by atoms with Crippen LogP contribution in [-0.4, -0.2) is 60.4 Å². The van der Waals surface area contributed by atoms with E-state index >= 15 is 0 Å². The highest BCUT2D eigenvalue weighted by molar-refractivity contribution is 5.82. The predicted octanol–water partition coefficient (Wildman–Crippen LogP) is 0.750. The van der Waals surface area contributed by atoms with Gasteiger partial charge in [0.1, 0.15) is 6.10 Å². The zero-order chi connectivity index (χ0) is 14.4. The summed E-state index contributed by atoms with van der Waals surface area (Å²) >= 11 is 0. The fraction of sp³-hybridized carbons (Fsp3) is 0.846. The number of nitrogens with zero attached hydrogens (tertiary/aromatic N) is 1. The van der Waals surface area contributed by atoms with E-state index in [2.05, 4.69) is 13.8 Å². The van der Waals surface area contributed by atoms with Crippen LogP contribution in [0.4, 0.5) is 0 Å². The summed E-state index contributed by atoms with van der Waals surface area (Å²) in [6, 6.07) is 0. The molecule has 1 rings (SSSR count). The van der Waals surface area contributed by atoms with Crippen molar-refractivity contribution in [1.29, 1.82) is 0 Å². The standard InChI is InChI=1S/C13H23NO5/c1-9(2)4-6-18-10(3)12(15)14-5-7-19-11(8-14)13(16)17/h9-11H,4-8H2,1-3H3,(H,16,17)/t10-,11+/m0/s1. The third-order valence-electron chi connectivity index (χ3n) is 3.06. The van der Waals surface area contributed by atoms with Crippen LogP contribution in [0.3, 0.4) is 0 Å². The van der Waals surface area contributed by atoms with Gasteiger partial charge in [-0.25, -0.2) is 4.79 Å². The summed E-state index contributed by atoms with van der Waals surface area (Å²) in [7, 11) is 0. The van der Waals surface area contributed by atoms with E-state index in [1.165, 1.54) is 4.90 Å². The first kappa shape index (κ1) is 15.9. The molecule has 6 nitrogen and oxygen atoms in total. The number of rotatable bonds is 6. The first-order valence-electron chi connectivity index (χ1n) is 6.66. The van der Waals surface area contributed by atoms with Gasteiger partial charge in [0, 0.05) is 13.2 Å². The van der Waals surface area contributed by atoms with Gasteiger partial charge in [0.05, 0.1) is 13.2 Å². The lowest BCUT2D eigenvalue weighted by molar-refractivity contribution is -0.163. The summed E-state index contributed by atoms with van der Waals surface area (Å²) in [4.78, 5) is 24.4. The van der Waals surface area contributed by atoms with E-state index in [1.54, 1.807) is 6.92 Å². The van der Waals surface area contributed by atoms with Crippen LogP contribution in [0, 0.1) is 5.92 Å². The number of aliphatic carboxylic acids is 1. The largest absolute Gasteiger partial charge is 0.479 e. The maximum Gasteiger partial charge on any atom is 0.334 e. The number of amides is 1. The van der Waals surface area contributed by atoms with Gasteiger partial charge in [-0.2, -0.15) is 0 Å². The highest BCUT2D eigenvalue weighted by Gasteiger charge is 2.31. The topological polar surface area (TPSA) is 76.1 Å². The van der Waals surface area contributed by atoms with Crippen LogP contribution in [0.5, 0.6) is 0 Å². The van der Waals surface area contributed by atoms with Gasteiger partial charge in [-0.05, 0) is 19.3 Å². The van der Waals surface area contributed by atoms with E-state index in [0.29, 0.717) is 19.1 Å². The molecular formula is C13H23NO5. The molecular weight excluding hydrogens is 250 g/mol. The Hall–Kier alpha value is -1.14. The molecule has 0 aliphatic carbocycles. The van der Waals surface area contributed by atoms with E-state index < -0.39 is 18.2 Å². The molecule has 2 atom stereocenters. The third-order valence-corrected chi connectivity index (χ3v) is 3.06. The van der Waals surface area contributed by atoms with Crippen LogP contribution in [0.15, 0.2) is 0 Å². The van der Waals surface area contributed by atoms with Crippen LogP contribution in [-0.2, 0) is 19.1 Å². The first-order valence-corrected chi connectivity index (χ1v) is 6.66. The Labute approximate surface area is 113 Å². The van der Waals surface area contributed by atoms with Gasteiger partial charge in [0.2, 0.25) is 0 Å². The molecule has 0 spiro atoms. The maximum atomic E-state index is 12.1. The van der Waals surface area contributed by atoms with Gasteiger partial charge in [-0.3, -0.25) is 4.79 Å². The zero-order valence-corrected chi connectivity index (χ0v) is 11.8. The summed E-state index contributed by atoms with van der Waals surface area (Å²) in [5.41, 5.74) is 0. The minimum atomic E-state index is -1.04. The van der Waals surface area contributed by atoms with E-state index in [-0.39, 0.29) is 19.1 Å². The van der Waals surface area contributed by atoms with Gasteiger partial charge < -0.3 is 19.5 Å². The molecule has 1 aliphatic heterocycles. The van der Waals surface area contributed by atoms with Crippen molar-refractivity contribution in [3.63, 3.8) is 0 Å². The molecule has 1 N–H and O–H groups in total. The lowest BCUT2D eigenvalue weighted by atomic mass is 10.1. The van der Waals surface area contributed by atoms with Crippen molar-refractivity contribution >= 4 is 11.9 Å². The van der Waals surface area contributed by atoms with Crippen molar-refractivity contribution in [2.24, 2.45) is 5.92 Å². The van der Waals surface area contributed by atoms with E-state index in [9.17, 15) is 9.59 Å². The second-order valence-corrected chi connectivity index (χ2v) is 5.18. The molecule has 1 saturated heterocycles. The van der Waals surface area contributed by atoms with Crippen molar-refractivity contribution < 1.29 is 24.2 Å². The lowest BCUT2D eigenvalue weighted by Crippen LogP contribution is -2.51. The van der Waals surface area contributed by atoms with Gasteiger partial charge in [-0.15, -0.1) is 0 Å². The van der Waals surface area contributed by atoms with E-state index in [0.717, 1.165) is 6.42 Å². The van der Waals surface area contributed by atoms with Crippen molar-refractivity contribution in [3.8, 4) is 0 Å². The summed E-state index contributed by atoms with van der Waals surface area (Å²) < 4.78 is 10.6. The second kappa shape index (κ2) is 7.45. The van der Waals surface area contributed by atoms with Crippen LogP contribution in [0.2, 0.25) is 0 Å². The highest BCUT2D eigenvalue weighted by atomic mass is 16.5. The minimum absolute atomic E-state index is 0.0893. The molecule has 0 radical (unpaired) electrons. The highest BCUT2D eigenvalue weighted by Crippen LogP contribution is 2.09. The number of morpholine rings is 1. The minimum Gasteiger partial charge on any atom is -0.479 e. The van der Waals surface area contributed by atoms with Crippen molar-refractivity contribution in [1.82, 2.24) is 4.90 Å². The van der Waals surface area contributed by atoms with Crippen LogP contribution in [0.25, 0.3) is 0 Å². The third kappa shape index (κ3) is 5.16. The van der Waals surface area contributed by atoms with E-state index in [1.807, 2.05) is 0 Å². The number of carboxylic acid groups (broad SMARTS) is 1. The second-order valence-electron chi connectivity index (χ2n) is 5.18. The molecule has 0 aromatic carbocycles. The zero-order valence-electron chi connectivity index (χ0n) is 11.8. The molecule has 19 heavy (non-hydrogen) atoms. The number of hydrogen-bond acceptors (Lipinski definition) is 4. The van der Waals surface area contributed by atoms with Crippen molar-refractivity contribution in [2.45, 2.75) is 39.4 Å². The molecule has 110 valence electrons. The SMILES string of the molecule is CC(C)CCO[C@@H](C)C(=O)N1CCO[C@@H](C(=O)O)C1. The molecule has 1 heterocycles. The lowest BCUT2D eigenvalue weighted by Gasteiger charge is -2.32. The monoisotopic (exact) mass is 273 g/mol. The maximum absolute atomic E-state index is 12.1. The Kier molecular flexibility index (Phi) is 6.24. The molecule has 0 saturated carbocycles. The smallest absolute Gasteiger partial charge is 0.334 e. The Morgan fingerprint density at radius 3 is 2.68 bits per heavy atom. The number of carboxylic acids is 1. The number of hydrogen-bond donors (Lipinski definition) is 1. The average Bonchev–Trinajstić information content (AvgIpc) is 2.37. The Morgan fingerprint density at radius 1 is 1.42 bits per heavy atom. The molecule has 1 aliphatic rings. The molecule has 0 aromatic heterocycles. The van der Waals surface area contributed by atoms with Crippen LogP contribution in [0.1, 0.15) is 27.2 Å². The number of carbonyl (C=O) groups excluding carboxylic acids is 1. The number of carbonyl (C=O) groups is 2. The summed E-state index contributed by atoms with van der Waals surface area (Å²) in [5, 5.41) is 8.88. The van der Waals surface area contributed by atoms with Gasteiger partial charge in [-0.1, -0.05) is 13.8 Å². The fourth-order valence-corrected chi connectivity index (χ4v) is 1.81. The molecule has 0 unspecified atom stereocenters. The van der Waals surface area contributed by atoms with Crippen molar-refractivity contribution in [2.75, 3.05) is 26.3 Å². The molecule has 0 aromatic rings. The Bertz CT molecular complexity index is 318. The fourth-order valence-electron chi connectivity index (χ4n) is 1.81. The normalized spacial score (nSPS) is 21.5. The summed E-state index contributed by atoms with van der Waals surface area (Å²) in [5.74, 6) is -0.675.